The number of amides is 2. The van der Waals surface area contributed by atoms with E-state index in [9.17, 15) is 4.79 Å². The molecule has 0 heterocycles. The molecule has 1 aromatic rings. The van der Waals surface area contributed by atoms with Crippen LogP contribution in [0.5, 0.6) is 0 Å². The summed E-state index contributed by atoms with van der Waals surface area (Å²) in [5, 5.41) is 14.2. The van der Waals surface area contributed by atoms with Crippen LogP contribution in [0.3, 0.4) is 0 Å². The Morgan fingerprint density at radius 2 is 2.11 bits per heavy atom. The molecule has 0 saturated heterocycles. The molecule has 0 saturated carbocycles. The van der Waals surface area contributed by atoms with Crippen molar-refractivity contribution in [1.82, 2.24) is 5.32 Å². The second-order valence-electron chi connectivity index (χ2n) is 3.89. The van der Waals surface area contributed by atoms with E-state index < -0.39 is 0 Å². The van der Waals surface area contributed by atoms with Crippen LogP contribution < -0.4 is 10.6 Å². The lowest BCUT2D eigenvalue weighted by atomic mass is 10.2. The topological polar surface area (TPSA) is 61.4 Å². The van der Waals surface area contributed by atoms with Crippen LogP contribution in [0.15, 0.2) is 24.3 Å². The lowest BCUT2D eigenvalue weighted by molar-refractivity contribution is 0.252. The highest BCUT2D eigenvalue weighted by Gasteiger charge is 2.02. The molecule has 1 aromatic carbocycles. The zero-order chi connectivity index (χ0) is 13.2. The number of urea groups is 1. The number of carbonyl (C=O) groups excluding carboxylic acids is 1. The maximum absolute atomic E-state index is 11.6. The third-order valence-electron chi connectivity index (χ3n) is 2.37. The van der Waals surface area contributed by atoms with E-state index in [0.29, 0.717) is 6.54 Å². The smallest absolute Gasteiger partial charge is 0.319 e. The van der Waals surface area contributed by atoms with Crippen molar-refractivity contribution in [2.24, 2.45) is 0 Å². The summed E-state index contributed by atoms with van der Waals surface area (Å²) in [6, 6.07) is 7.50. The Morgan fingerprint density at radius 3 is 2.83 bits per heavy atom. The van der Waals surface area contributed by atoms with Gasteiger partial charge in [-0.25, -0.2) is 4.79 Å². The second kappa shape index (κ2) is 8.83. The van der Waals surface area contributed by atoms with Gasteiger partial charge in [-0.15, -0.1) is 0 Å². The van der Waals surface area contributed by atoms with Gasteiger partial charge in [0.25, 0.3) is 0 Å². The molecular formula is C13H20N2O2S. The normalized spacial score (nSPS) is 10.1. The van der Waals surface area contributed by atoms with Crippen molar-refractivity contribution in [3.63, 3.8) is 0 Å². The molecule has 3 N–H and O–H groups in total. The van der Waals surface area contributed by atoms with E-state index in [1.807, 2.05) is 31.2 Å². The fourth-order valence-corrected chi connectivity index (χ4v) is 2.17. The Bertz CT molecular complexity index is 372. The highest BCUT2D eigenvalue weighted by Crippen LogP contribution is 2.12. The molecule has 0 radical (unpaired) electrons. The molecule has 18 heavy (non-hydrogen) atoms. The molecule has 100 valence electrons. The van der Waals surface area contributed by atoms with Gasteiger partial charge < -0.3 is 15.7 Å². The summed E-state index contributed by atoms with van der Waals surface area (Å²) in [6.07, 6.45) is 0.806. The number of hydrogen-bond donors (Lipinski definition) is 3. The van der Waals surface area contributed by atoms with E-state index in [0.717, 1.165) is 29.2 Å². The van der Waals surface area contributed by atoms with Crippen molar-refractivity contribution in [3.05, 3.63) is 29.8 Å². The minimum absolute atomic E-state index is 0.174. The first-order valence-electron chi connectivity index (χ1n) is 6.03. The van der Waals surface area contributed by atoms with Crippen molar-refractivity contribution in [2.45, 2.75) is 13.3 Å². The summed E-state index contributed by atoms with van der Waals surface area (Å²) in [5.74, 6) is 1.79. The van der Waals surface area contributed by atoms with Crippen LogP contribution in [0.25, 0.3) is 0 Å². The highest BCUT2D eigenvalue weighted by molar-refractivity contribution is 7.99. The quantitative estimate of drug-likeness (QED) is 0.665. The number of benzene rings is 1. The van der Waals surface area contributed by atoms with Crippen molar-refractivity contribution in [1.29, 1.82) is 0 Å². The number of carbonyl (C=O) groups is 1. The van der Waals surface area contributed by atoms with E-state index in [4.69, 9.17) is 5.11 Å². The first-order chi connectivity index (χ1) is 8.74. The molecule has 0 unspecified atom stereocenters. The number of para-hydroxylation sites is 1. The summed E-state index contributed by atoms with van der Waals surface area (Å²) >= 11 is 1.73. The number of aliphatic hydroxyl groups excluding tert-OH is 1. The lowest BCUT2D eigenvalue weighted by Gasteiger charge is -2.09. The third kappa shape index (κ3) is 5.93. The molecule has 1 rings (SSSR count). The van der Waals surface area contributed by atoms with Gasteiger partial charge in [-0.2, -0.15) is 11.8 Å². The van der Waals surface area contributed by atoms with E-state index in [-0.39, 0.29) is 12.6 Å². The maximum Gasteiger partial charge on any atom is 0.319 e. The van der Waals surface area contributed by atoms with E-state index in [2.05, 4.69) is 10.6 Å². The number of rotatable bonds is 7. The van der Waals surface area contributed by atoms with Crippen LogP contribution in [0.4, 0.5) is 10.5 Å². The zero-order valence-corrected chi connectivity index (χ0v) is 11.4. The van der Waals surface area contributed by atoms with Gasteiger partial charge in [-0.1, -0.05) is 18.2 Å². The Hall–Kier alpha value is -1.20. The predicted octanol–water partition coefficient (Wildman–Crippen LogP) is 2.23. The second-order valence-corrected chi connectivity index (χ2v) is 5.11. The summed E-state index contributed by atoms with van der Waals surface area (Å²) in [5.41, 5.74) is 1.88. The Kier molecular flexibility index (Phi) is 7.29. The van der Waals surface area contributed by atoms with E-state index in [1.54, 1.807) is 11.8 Å². The molecule has 4 nitrogen and oxygen atoms in total. The monoisotopic (exact) mass is 268 g/mol. The molecule has 0 spiro atoms. The van der Waals surface area contributed by atoms with Crippen molar-refractivity contribution in [3.8, 4) is 0 Å². The van der Waals surface area contributed by atoms with Crippen molar-refractivity contribution >= 4 is 23.5 Å². The number of aliphatic hydroxyl groups is 1. The van der Waals surface area contributed by atoms with Crippen LogP contribution in [-0.4, -0.2) is 35.8 Å². The van der Waals surface area contributed by atoms with Gasteiger partial charge in [0.1, 0.15) is 0 Å². The zero-order valence-electron chi connectivity index (χ0n) is 10.6. The van der Waals surface area contributed by atoms with Crippen LogP contribution in [0, 0.1) is 6.92 Å². The predicted molar refractivity (Wildman–Crippen MR) is 77.2 cm³/mol. The van der Waals surface area contributed by atoms with Crippen molar-refractivity contribution < 1.29 is 9.90 Å². The lowest BCUT2D eigenvalue weighted by Crippen LogP contribution is -2.30. The minimum atomic E-state index is -0.174. The van der Waals surface area contributed by atoms with Crippen LogP contribution >= 0.6 is 11.8 Å². The molecule has 2 amide bonds. The van der Waals surface area contributed by atoms with Gasteiger partial charge in [0.2, 0.25) is 0 Å². The Labute approximate surface area is 112 Å². The van der Waals surface area contributed by atoms with E-state index in [1.165, 1.54) is 0 Å². The first kappa shape index (κ1) is 14.9. The first-order valence-corrected chi connectivity index (χ1v) is 7.18. The molecular weight excluding hydrogens is 248 g/mol. The van der Waals surface area contributed by atoms with Gasteiger partial charge in [0, 0.05) is 24.6 Å². The maximum atomic E-state index is 11.6. The average molecular weight is 268 g/mol. The van der Waals surface area contributed by atoms with Crippen molar-refractivity contribution in [2.75, 3.05) is 30.0 Å². The SMILES string of the molecule is Cc1ccccc1NC(=O)NCCSCCCO. The van der Waals surface area contributed by atoms with Crippen LogP contribution in [-0.2, 0) is 0 Å². The average Bonchev–Trinajstić information content (AvgIpc) is 2.36. The molecule has 0 aliphatic carbocycles. The Balaban J connectivity index is 2.16. The molecule has 0 fully saturated rings. The fraction of sp³-hybridized carbons (Fsp3) is 0.462. The highest BCUT2D eigenvalue weighted by atomic mass is 32.2. The van der Waals surface area contributed by atoms with Gasteiger partial charge in [0.05, 0.1) is 0 Å². The van der Waals surface area contributed by atoms with E-state index >= 15 is 0 Å². The van der Waals surface area contributed by atoms with Crippen LogP contribution in [0.1, 0.15) is 12.0 Å². The third-order valence-corrected chi connectivity index (χ3v) is 3.44. The summed E-state index contributed by atoms with van der Waals surface area (Å²) in [7, 11) is 0. The van der Waals surface area contributed by atoms with Gasteiger partial charge >= 0.3 is 6.03 Å². The number of nitrogens with one attached hydrogen (secondary N) is 2. The fourth-order valence-electron chi connectivity index (χ4n) is 1.39. The van der Waals surface area contributed by atoms with Gasteiger partial charge in [-0.3, -0.25) is 0 Å². The molecule has 0 atom stereocenters. The summed E-state index contributed by atoms with van der Waals surface area (Å²) < 4.78 is 0. The van der Waals surface area contributed by atoms with Gasteiger partial charge in [-0.05, 0) is 30.7 Å². The molecule has 0 bridgehead atoms. The molecule has 0 aromatic heterocycles. The number of thioether (sulfide) groups is 1. The largest absolute Gasteiger partial charge is 0.396 e. The standard InChI is InChI=1S/C13H20N2O2S/c1-11-5-2-3-6-12(11)15-13(17)14-7-10-18-9-4-8-16/h2-3,5-6,16H,4,7-10H2,1H3,(H2,14,15,17). The molecule has 0 aliphatic heterocycles. The van der Waals surface area contributed by atoms with Gasteiger partial charge in [0.15, 0.2) is 0 Å². The summed E-state index contributed by atoms with van der Waals surface area (Å²) in [4.78, 5) is 11.6. The number of aryl methyl sites for hydroxylation is 1. The minimum Gasteiger partial charge on any atom is -0.396 e. The summed E-state index contributed by atoms with van der Waals surface area (Å²) in [6.45, 7) is 2.82. The number of anilines is 1. The number of hydrogen-bond acceptors (Lipinski definition) is 3. The molecule has 0 aliphatic rings. The van der Waals surface area contributed by atoms with Crippen LogP contribution in [0.2, 0.25) is 0 Å². The molecule has 5 heteroatoms. The Morgan fingerprint density at radius 1 is 1.33 bits per heavy atom.